The van der Waals surface area contributed by atoms with Crippen LogP contribution in [0.3, 0.4) is 0 Å². The van der Waals surface area contributed by atoms with Crippen LogP contribution in [0.4, 0.5) is 3.89 Å². The lowest BCUT2D eigenvalue weighted by atomic mass is 10.1. The zero-order chi connectivity index (χ0) is 17.2. The van der Waals surface area contributed by atoms with Gasteiger partial charge in [0, 0.05) is 39.9 Å². The fraction of sp³-hybridized carbons (Fsp3) is 0.800. The molecule has 0 saturated carbocycles. The van der Waals surface area contributed by atoms with Crippen LogP contribution in [0, 0.1) is 0 Å². The highest BCUT2D eigenvalue weighted by Gasteiger charge is 2.23. The Morgan fingerprint density at radius 1 is 1.30 bits per heavy atom. The van der Waals surface area contributed by atoms with E-state index in [1.807, 2.05) is 6.92 Å². The summed E-state index contributed by atoms with van der Waals surface area (Å²) in [7, 11) is 3.32. The van der Waals surface area contributed by atoms with Crippen LogP contribution in [0.5, 0.6) is 0 Å². The summed E-state index contributed by atoms with van der Waals surface area (Å²) < 4.78 is 36.1. The summed E-state index contributed by atoms with van der Waals surface area (Å²) in [5.74, 6) is 0.528. The summed E-state index contributed by atoms with van der Waals surface area (Å²) in [5, 5.41) is 0. The van der Waals surface area contributed by atoms with Crippen LogP contribution in [-0.2, 0) is 27.3 Å². The molecular formula is C15H28FN3O3S. The van der Waals surface area contributed by atoms with Gasteiger partial charge in [0.05, 0.1) is 24.9 Å². The Hall–Kier alpha value is -0.830. The molecule has 134 valence electrons. The van der Waals surface area contributed by atoms with Crippen LogP contribution in [-0.4, -0.2) is 58.6 Å². The molecule has 1 heterocycles. The third-order valence-electron chi connectivity index (χ3n) is 3.72. The maximum Gasteiger partial charge on any atom is 0.309 e. The van der Waals surface area contributed by atoms with E-state index in [2.05, 4.69) is 16.8 Å². The number of hydrogen-bond donors (Lipinski definition) is 0. The van der Waals surface area contributed by atoms with Gasteiger partial charge in [-0.05, 0) is 12.8 Å². The van der Waals surface area contributed by atoms with E-state index in [0.29, 0.717) is 25.5 Å². The van der Waals surface area contributed by atoms with Crippen molar-refractivity contribution < 1.29 is 17.6 Å². The van der Waals surface area contributed by atoms with Crippen molar-refractivity contribution in [3.63, 3.8) is 0 Å². The van der Waals surface area contributed by atoms with Crippen molar-refractivity contribution in [3.8, 4) is 0 Å². The first-order valence-electron chi connectivity index (χ1n) is 7.97. The predicted octanol–water partition coefficient (Wildman–Crippen LogP) is 2.28. The van der Waals surface area contributed by atoms with Gasteiger partial charge >= 0.3 is 11.4 Å². The number of ether oxygens (including phenoxy) is 2. The highest BCUT2D eigenvalue weighted by molar-refractivity contribution is 7.78. The number of halogens is 1. The van der Waals surface area contributed by atoms with Gasteiger partial charge in [-0.25, -0.2) is 8.96 Å². The van der Waals surface area contributed by atoms with Crippen LogP contribution in [0.25, 0.3) is 0 Å². The lowest BCUT2D eigenvalue weighted by molar-refractivity contribution is 0.0843. The molecule has 23 heavy (non-hydrogen) atoms. The second kappa shape index (κ2) is 10.9. The summed E-state index contributed by atoms with van der Waals surface area (Å²) in [6.45, 7) is 6.69. The summed E-state index contributed by atoms with van der Waals surface area (Å²) in [6, 6.07) is 0.0145. The third-order valence-corrected chi connectivity index (χ3v) is 4.35. The highest BCUT2D eigenvalue weighted by Crippen LogP contribution is 2.24. The van der Waals surface area contributed by atoms with Gasteiger partial charge in [-0.2, -0.15) is 4.21 Å². The van der Waals surface area contributed by atoms with Crippen LogP contribution in [0.1, 0.15) is 44.2 Å². The van der Waals surface area contributed by atoms with Crippen molar-refractivity contribution in [1.82, 2.24) is 13.9 Å². The van der Waals surface area contributed by atoms with Gasteiger partial charge in [0.1, 0.15) is 5.82 Å². The molecular weight excluding hydrogens is 321 g/mol. The van der Waals surface area contributed by atoms with Crippen molar-refractivity contribution >= 4 is 11.4 Å². The van der Waals surface area contributed by atoms with Gasteiger partial charge < -0.3 is 9.47 Å². The van der Waals surface area contributed by atoms with Gasteiger partial charge in [0.15, 0.2) is 0 Å². The van der Waals surface area contributed by atoms with Crippen LogP contribution < -0.4 is 0 Å². The smallest absolute Gasteiger partial charge is 0.309 e. The van der Waals surface area contributed by atoms with Gasteiger partial charge in [-0.3, -0.25) is 4.90 Å². The SMILES string of the molecule is CCCc1nc(C(CC)N(CCOC)CCOC)cn1S(=O)F. The quantitative estimate of drug-likeness (QED) is 0.542. The molecule has 0 fully saturated rings. The molecule has 0 aliphatic carbocycles. The largest absolute Gasteiger partial charge is 0.383 e. The maximum atomic E-state index is 13.3. The lowest BCUT2D eigenvalue weighted by Crippen LogP contribution is -2.34. The topological polar surface area (TPSA) is 56.6 Å². The van der Waals surface area contributed by atoms with Crippen molar-refractivity contribution in [2.45, 2.75) is 39.2 Å². The standard InChI is InChI=1S/C15H28FN3O3S/c1-5-7-15-17-13(12-19(15)23(16)20)14(6-2)18(8-10-21-3)9-11-22-4/h12,14H,5-11H2,1-4H3. The molecule has 0 bridgehead atoms. The molecule has 0 radical (unpaired) electrons. The Bertz CT molecular complexity index is 477. The Kier molecular flexibility index (Phi) is 9.54. The first-order chi connectivity index (χ1) is 11.1. The van der Waals surface area contributed by atoms with E-state index in [-0.39, 0.29) is 6.04 Å². The molecule has 0 spiro atoms. The monoisotopic (exact) mass is 349 g/mol. The van der Waals surface area contributed by atoms with E-state index in [0.717, 1.165) is 35.6 Å². The average Bonchev–Trinajstić information content (AvgIpc) is 2.94. The van der Waals surface area contributed by atoms with Crippen LogP contribution in [0.2, 0.25) is 0 Å². The molecule has 0 amide bonds. The number of aromatic nitrogens is 2. The number of rotatable bonds is 12. The van der Waals surface area contributed by atoms with Gasteiger partial charge in [0.2, 0.25) is 0 Å². The van der Waals surface area contributed by atoms with Gasteiger partial charge in [-0.15, -0.1) is 3.89 Å². The van der Waals surface area contributed by atoms with E-state index in [9.17, 15) is 8.09 Å². The minimum Gasteiger partial charge on any atom is -0.383 e. The highest BCUT2D eigenvalue weighted by atomic mass is 32.2. The summed E-state index contributed by atoms with van der Waals surface area (Å²) in [5.41, 5.74) is 0.745. The molecule has 0 saturated heterocycles. The number of methoxy groups -OCH3 is 2. The molecule has 1 aromatic heterocycles. The summed E-state index contributed by atoms with van der Waals surface area (Å²) in [6.07, 6.45) is 3.81. The molecule has 6 nitrogen and oxygen atoms in total. The van der Waals surface area contributed by atoms with E-state index < -0.39 is 11.4 Å². The molecule has 2 unspecified atom stereocenters. The molecule has 0 aliphatic rings. The molecule has 0 aliphatic heterocycles. The normalized spacial score (nSPS) is 14.3. The van der Waals surface area contributed by atoms with Crippen molar-refractivity contribution in [2.24, 2.45) is 0 Å². The number of hydrogen-bond acceptors (Lipinski definition) is 5. The van der Waals surface area contributed by atoms with Crippen LogP contribution >= 0.6 is 0 Å². The Morgan fingerprint density at radius 2 is 1.91 bits per heavy atom. The average molecular weight is 349 g/mol. The van der Waals surface area contributed by atoms with E-state index in [1.54, 1.807) is 20.4 Å². The molecule has 0 N–H and O–H groups in total. The molecule has 2 atom stereocenters. The number of nitrogens with zero attached hydrogens (tertiary/aromatic N) is 3. The fourth-order valence-electron chi connectivity index (χ4n) is 2.59. The van der Waals surface area contributed by atoms with Crippen molar-refractivity contribution in [3.05, 3.63) is 17.7 Å². The maximum absolute atomic E-state index is 13.3. The van der Waals surface area contributed by atoms with Gasteiger partial charge in [-0.1, -0.05) is 13.8 Å². The Labute approximate surface area is 140 Å². The van der Waals surface area contributed by atoms with E-state index in [1.165, 1.54) is 0 Å². The number of imidazole rings is 1. The Balaban J connectivity index is 3.04. The minimum absolute atomic E-state index is 0.0145. The molecule has 1 aromatic rings. The third kappa shape index (κ3) is 5.95. The lowest BCUT2D eigenvalue weighted by Gasteiger charge is -2.29. The van der Waals surface area contributed by atoms with E-state index >= 15 is 0 Å². The first kappa shape index (κ1) is 20.2. The fourth-order valence-corrected chi connectivity index (χ4v) is 3.08. The zero-order valence-electron chi connectivity index (χ0n) is 14.5. The van der Waals surface area contributed by atoms with Gasteiger partial charge in [0.25, 0.3) is 0 Å². The molecule has 0 aromatic carbocycles. The van der Waals surface area contributed by atoms with Crippen molar-refractivity contribution in [1.29, 1.82) is 0 Å². The predicted molar refractivity (Wildman–Crippen MR) is 89.2 cm³/mol. The van der Waals surface area contributed by atoms with Crippen LogP contribution in [0.15, 0.2) is 6.20 Å². The minimum atomic E-state index is -2.58. The second-order valence-corrected chi connectivity index (χ2v) is 6.12. The number of aryl methyl sites for hydroxylation is 1. The van der Waals surface area contributed by atoms with Crippen molar-refractivity contribution in [2.75, 3.05) is 40.5 Å². The summed E-state index contributed by atoms with van der Waals surface area (Å²) >= 11 is -2.58. The molecule has 1 rings (SSSR count). The summed E-state index contributed by atoms with van der Waals surface area (Å²) in [4.78, 5) is 6.74. The van der Waals surface area contributed by atoms with E-state index in [4.69, 9.17) is 9.47 Å². The first-order valence-corrected chi connectivity index (χ1v) is 8.98. The Morgan fingerprint density at radius 3 is 2.35 bits per heavy atom. The second-order valence-electron chi connectivity index (χ2n) is 5.31. The molecule has 8 heteroatoms. The zero-order valence-corrected chi connectivity index (χ0v) is 15.3.